The van der Waals surface area contributed by atoms with Gasteiger partial charge >= 0.3 is 0 Å². The van der Waals surface area contributed by atoms with Crippen LogP contribution in [-0.4, -0.2) is 20.8 Å². The Morgan fingerprint density at radius 1 is 1.14 bits per heavy atom. The highest BCUT2D eigenvalue weighted by molar-refractivity contribution is 9.10. The number of nitro groups is 1. The Balaban J connectivity index is 1.58. The van der Waals surface area contributed by atoms with Crippen LogP contribution < -0.4 is 10.3 Å². The lowest BCUT2D eigenvalue weighted by Crippen LogP contribution is -2.23. The third-order valence-electron chi connectivity index (χ3n) is 5.14. The van der Waals surface area contributed by atoms with Gasteiger partial charge in [-0.15, -0.1) is 0 Å². The van der Waals surface area contributed by atoms with Crippen LogP contribution in [0.5, 0.6) is 5.75 Å². The Morgan fingerprint density at radius 2 is 1.94 bits per heavy atom. The molecule has 1 heterocycles. The quantitative estimate of drug-likeness (QED) is 0.139. The Hall–Kier alpha value is -3.37. The summed E-state index contributed by atoms with van der Waals surface area (Å²) in [7, 11) is 0. The number of benzene rings is 3. The van der Waals surface area contributed by atoms with E-state index in [1.165, 1.54) is 16.8 Å². The molecule has 0 atom stereocenters. The maximum Gasteiger partial charge on any atom is 0.282 e. The largest absolute Gasteiger partial charge is 0.488 e. The van der Waals surface area contributed by atoms with Crippen molar-refractivity contribution in [1.82, 2.24) is 9.66 Å². The summed E-state index contributed by atoms with van der Waals surface area (Å²) in [6, 6.07) is 17.1. The van der Waals surface area contributed by atoms with Crippen LogP contribution in [0.1, 0.15) is 36.7 Å². The summed E-state index contributed by atoms with van der Waals surface area (Å²) in [6.45, 7) is 4.10. The molecule has 35 heavy (non-hydrogen) atoms. The molecule has 0 amide bonds. The molecule has 4 rings (SSSR count). The number of hydrogen-bond donors (Lipinski definition) is 0. The standard InChI is InChI=1S/C25H20Br2N4O4/c1-15(2)24-29-22-8-7-18(26)12-20(22)25(32)30(24)28-13-16-6-9-23(21(27)11-16)35-14-17-4-3-5-19(10-17)31(33)34/h3-13,15H,14H2,1-2H3. The summed E-state index contributed by atoms with van der Waals surface area (Å²) >= 11 is 6.90. The van der Waals surface area contributed by atoms with E-state index in [4.69, 9.17) is 4.74 Å². The van der Waals surface area contributed by atoms with Gasteiger partial charge in [-0.2, -0.15) is 9.78 Å². The molecule has 0 aliphatic carbocycles. The lowest BCUT2D eigenvalue weighted by Gasteiger charge is -2.12. The second-order valence-corrected chi connectivity index (χ2v) is 9.82. The normalized spacial score (nSPS) is 11.5. The van der Waals surface area contributed by atoms with Crippen LogP contribution >= 0.6 is 31.9 Å². The molecule has 8 nitrogen and oxygen atoms in total. The predicted octanol–water partition coefficient (Wildman–Crippen LogP) is 6.41. The molecule has 0 bridgehead atoms. The summed E-state index contributed by atoms with van der Waals surface area (Å²) in [6.07, 6.45) is 1.59. The number of rotatable bonds is 7. The van der Waals surface area contributed by atoms with Crippen molar-refractivity contribution in [2.45, 2.75) is 26.4 Å². The number of nitro benzene ring substituents is 1. The average Bonchev–Trinajstić information content (AvgIpc) is 2.83. The lowest BCUT2D eigenvalue weighted by atomic mass is 10.2. The van der Waals surface area contributed by atoms with Gasteiger partial charge in [-0.25, -0.2) is 4.98 Å². The molecule has 10 heteroatoms. The van der Waals surface area contributed by atoms with E-state index < -0.39 is 4.92 Å². The van der Waals surface area contributed by atoms with Crippen molar-refractivity contribution in [1.29, 1.82) is 0 Å². The zero-order valence-electron chi connectivity index (χ0n) is 18.8. The van der Waals surface area contributed by atoms with Gasteiger partial charge in [0.1, 0.15) is 18.2 Å². The molecule has 0 aliphatic heterocycles. The first kappa shape index (κ1) is 24.7. The van der Waals surface area contributed by atoms with Crippen molar-refractivity contribution in [2.24, 2.45) is 5.10 Å². The average molecular weight is 600 g/mol. The molecular weight excluding hydrogens is 580 g/mol. The van der Waals surface area contributed by atoms with E-state index in [0.717, 1.165) is 10.0 Å². The number of fused-ring (bicyclic) bond motifs is 1. The number of nitrogens with zero attached hydrogens (tertiary/aromatic N) is 4. The van der Waals surface area contributed by atoms with Crippen LogP contribution in [0.15, 0.2) is 79.5 Å². The van der Waals surface area contributed by atoms with Gasteiger partial charge in [0.25, 0.3) is 11.2 Å². The minimum atomic E-state index is -0.437. The Kier molecular flexibility index (Phi) is 7.42. The van der Waals surface area contributed by atoms with Gasteiger partial charge in [0.05, 0.1) is 26.5 Å². The Morgan fingerprint density at radius 3 is 2.66 bits per heavy atom. The lowest BCUT2D eigenvalue weighted by molar-refractivity contribution is -0.384. The van der Waals surface area contributed by atoms with Crippen molar-refractivity contribution < 1.29 is 9.66 Å². The minimum absolute atomic E-state index is 0.00998. The first-order valence-corrected chi connectivity index (χ1v) is 12.2. The fourth-order valence-corrected chi connectivity index (χ4v) is 4.28. The maximum absolute atomic E-state index is 13.2. The summed E-state index contributed by atoms with van der Waals surface area (Å²) in [5, 5.41) is 15.9. The number of non-ortho nitro benzene ring substituents is 1. The van der Waals surface area contributed by atoms with Crippen LogP contribution in [0.4, 0.5) is 5.69 Å². The predicted molar refractivity (Wildman–Crippen MR) is 142 cm³/mol. The Labute approximate surface area is 217 Å². The van der Waals surface area contributed by atoms with E-state index in [-0.39, 0.29) is 23.8 Å². The number of hydrogen-bond acceptors (Lipinski definition) is 6. The highest BCUT2D eigenvalue weighted by Crippen LogP contribution is 2.27. The van der Waals surface area contributed by atoms with E-state index in [0.29, 0.717) is 32.5 Å². The molecule has 0 unspecified atom stereocenters. The van der Waals surface area contributed by atoms with Crippen molar-refractivity contribution in [2.75, 3.05) is 0 Å². The maximum atomic E-state index is 13.2. The molecule has 0 saturated heterocycles. The van der Waals surface area contributed by atoms with Crippen molar-refractivity contribution >= 4 is 54.7 Å². The summed E-state index contributed by atoms with van der Waals surface area (Å²) in [5.74, 6) is 1.13. The number of ether oxygens (including phenoxy) is 1. The van der Waals surface area contributed by atoms with Crippen LogP contribution in [0.25, 0.3) is 10.9 Å². The van der Waals surface area contributed by atoms with Gasteiger partial charge in [0.15, 0.2) is 0 Å². The molecule has 0 N–H and O–H groups in total. The van der Waals surface area contributed by atoms with Crippen LogP contribution in [0, 0.1) is 10.1 Å². The summed E-state index contributed by atoms with van der Waals surface area (Å²) in [4.78, 5) is 28.3. The SMILES string of the molecule is CC(C)c1nc2ccc(Br)cc2c(=O)n1N=Cc1ccc(OCc2cccc([N+](=O)[O-])c2)c(Br)c1. The first-order valence-electron chi connectivity index (χ1n) is 10.6. The number of aromatic nitrogens is 2. The van der Waals surface area contributed by atoms with Gasteiger partial charge in [0, 0.05) is 22.5 Å². The molecule has 0 fully saturated rings. The van der Waals surface area contributed by atoms with Gasteiger partial charge < -0.3 is 4.74 Å². The smallest absolute Gasteiger partial charge is 0.282 e. The van der Waals surface area contributed by atoms with Gasteiger partial charge in [-0.05, 0) is 63.5 Å². The zero-order valence-corrected chi connectivity index (χ0v) is 22.0. The highest BCUT2D eigenvalue weighted by atomic mass is 79.9. The van der Waals surface area contributed by atoms with E-state index in [1.54, 1.807) is 30.5 Å². The fourth-order valence-electron chi connectivity index (χ4n) is 3.41. The molecule has 0 saturated carbocycles. The van der Waals surface area contributed by atoms with Crippen LogP contribution in [-0.2, 0) is 6.61 Å². The van der Waals surface area contributed by atoms with Crippen LogP contribution in [0.2, 0.25) is 0 Å². The topological polar surface area (TPSA) is 99.6 Å². The van der Waals surface area contributed by atoms with Crippen molar-refractivity contribution in [3.63, 3.8) is 0 Å². The molecule has 178 valence electrons. The molecule has 0 aliphatic rings. The number of halogens is 2. The van der Waals surface area contributed by atoms with E-state index in [9.17, 15) is 14.9 Å². The van der Waals surface area contributed by atoms with Gasteiger partial charge in [-0.3, -0.25) is 14.9 Å². The monoisotopic (exact) mass is 598 g/mol. The van der Waals surface area contributed by atoms with Crippen LogP contribution in [0.3, 0.4) is 0 Å². The minimum Gasteiger partial charge on any atom is -0.488 e. The molecule has 0 spiro atoms. The molecule has 4 aromatic rings. The third-order valence-corrected chi connectivity index (χ3v) is 6.26. The Bertz CT molecular complexity index is 1520. The second-order valence-electron chi connectivity index (χ2n) is 8.05. The van der Waals surface area contributed by atoms with E-state index in [2.05, 4.69) is 41.9 Å². The molecular formula is C25H20Br2N4O4. The molecule has 3 aromatic carbocycles. The molecule has 0 radical (unpaired) electrons. The third kappa shape index (κ3) is 5.66. The molecule has 1 aromatic heterocycles. The highest BCUT2D eigenvalue weighted by Gasteiger charge is 2.14. The van der Waals surface area contributed by atoms with Gasteiger partial charge in [-0.1, -0.05) is 41.9 Å². The summed E-state index contributed by atoms with van der Waals surface area (Å²) in [5.41, 5.74) is 1.83. The van der Waals surface area contributed by atoms with Crippen molar-refractivity contribution in [3.8, 4) is 5.75 Å². The second kappa shape index (κ2) is 10.5. The van der Waals surface area contributed by atoms with Gasteiger partial charge in [0.2, 0.25) is 0 Å². The first-order chi connectivity index (χ1) is 16.7. The summed E-state index contributed by atoms with van der Waals surface area (Å²) < 4.78 is 8.63. The van der Waals surface area contributed by atoms with Crippen molar-refractivity contribution in [3.05, 3.63) is 107 Å². The zero-order chi connectivity index (χ0) is 25.1. The fraction of sp³-hybridized carbons (Fsp3) is 0.160. The van der Waals surface area contributed by atoms with E-state index in [1.807, 2.05) is 38.1 Å². The van der Waals surface area contributed by atoms with E-state index >= 15 is 0 Å².